The average molecular weight is 314 g/mol. The van der Waals surface area contributed by atoms with Gasteiger partial charge in [0, 0.05) is 23.6 Å². The summed E-state index contributed by atoms with van der Waals surface area (Å²) in [6.07, 6.45) is 6.30. The Balaban J connectivity index is 2.27. The van der Waals surface area contributed by atoms with Crippen LogP contribution in [0.5, 0.6) is 0 Å². The van der Waals surface area contributed by atoms with Gasteiger partial charge in [-0.3, -0.25) is 0 Å². The predicted octanol–water partition coefficient (Wildman–Crippen LogP) is 4.88. The average Bonchev–Trinajstić information content (AvgIpc) is 2.40. The summed E-state index contributed by atoms with van der Waals surface area (Å²) in [5.74, 6) is -0.141. The van der Waals surface area contributed by atoms with Crippen LogP contribution in [0.3, 0.4) is 0 Å². The molecule has 100 valence electrons. The van der Waals surface area contributed by atoms with Gasteiger partial charge in [-0.2, -0.15) is 0 Å². The molecule has 0 aliphatic carbocycles. The Labute approximate surface area is 118 Å². The molecule has 1 aliphatic rings. The first-order valence-corrected chi connectivity index (χ1v) is 7.99. The van der Waals surface area contributed by atoms with Crippen LogP contribution in [0.2, 0.25) is 0 Å². The smallest absolute Gasteiger partial charge is 0.123 e. The van der Waals surface area contributed by atoms with E-state index in [-0.39, 0.29) is 5.82 Å². The fraction of sp³-hybridized carbons (Fsp3) is 0.600. The number of hydrogen-bond donors (Lipinski definition) is 0. The number of benzene rings is 1. The second-order valence-corrected chi connectivity index (χ2v) is 5.60. The summed E-state index contributed by atoms with van der Waals surface area (Å²) in [4.78, 5) is 2.49. The molecular formula is C15H21BrFN. The quantitative estimate of drug-likeness (QED) is 0.716. The summed E-state index contributed by atoms with van der Waals surface area (Å²) in [7, 11) is 0. The van der Waals surface area contributed by atoms with Gasteiger partial charge in [0.1, 0.15) is 5.82 Å². The lowest BCUT2D eigenvalue weighted by Crippen LogP contribution is -2.40. The van der Waals surface area contributed by atoms with Crippen LogP contribution in [0.15, 0.2) is 18.2 Å². The molecule has 1 atom stereocenters. The van der Waals surface area contributed by atoms with Crippen LogP contribution in [-0.4, -0.2) is 12.6 Å². The first-order valence-electron chi connectivity index (χ1n) is 6.87. The topological polar surface area (TPSA) is 3.24 Å². The van der Waals surface area contributed by atoms with Crippen molar-refractivity contribution in [2.75, 3.05) is 11.4 Å². The number of nitrogens with zero attached hydrogens (tertiary/aromatic N) is 1. The molecule has 0 radical (unpaired) electrons. The molecule has 18 heavy (non-hydrogen) atoms. The van der Waals surface area contributed by atoms with Gasteiger partial charge in [0.15, 0.2) is 0 Å². The van der Waals surface area contributed by atoms with Gasteiger partial charge in [0.05, 0.1) is 0 Å². The Morgan fingerprint density at radius 2 is 2.22 bits per heavy atom. The zero-order chi connectivity index (χ0) is 13.0. The van der Waals surface area contributed by atoms with E-state index < -0.39 is 0 Å². The van der Waals surface area contributed by atoms with Gasteiger partial charge in [0.2, 0.25) is 0 Å². The molecule has 0 aromatic heterocycles. The van der Waals surface area contributed by atoms with Crippen molar-refractivity contribution in [1.29, 1.82) is 0 Å². The fourth-order valence-corrected chi connectivity index (χ4v) is 3.34. The van der Waals surface area contributed by atoms with Crippen LogP contribution < -0.4 is 4.90 Å². The molecule has 1 aliphatic heterocycles. The van der Waals surface area contributed by atoms with Crippen molar-refractivity contribution in [3.05, 3.63) is 29.6 Å². The van der Waals surface area contributed by atoms with Gasteiger partial charge in [-0.25, -0.2) is 4.39 Å². The highest BCUT2D eigenvalue weighted by atomic mass is 79.9. The number of hydrogen-bond acceptors (Lipinski definition) is 1. The van der Waals surface area contributed by atoms with E-state index in [1.54, 1.807) is 12.1 Å². The first-order chi connectivity index (χ1) is 8.76. The van der Waals surface area contributed by atoms with E-state index >= 15 is 0 Å². The Hall–Kier alpha value is -0.570. The maximum Gasteiger partial charge on any atom is 0.123 e. The van der Waals surface area contributed by atoms with Crippen LogP contribution in [0.1, 0.15) is 44.6 Å². The second-order valence-electron chi connectivity index (χ2n) is 5.04. The highest BCUT2D eigenvalue weighted by molar-refractivity contribution is 9.08. The van der Waals surface area contributed by atoms with E-state index in [4.69, 9.17) is 0 Å². The van der Waals surface area contributed by atoms with Gasteiger partial charge >= 0.3 is 0 Å². The molecular weight excluding hydrogens is 293 g/mol. The molecule has 1 saturated heterocycles. The maximum atomic E-state index is 13.3. The predicted molar refractivity (Wildman–Crippen MR) is 78.9 cm³/mol. The summed E-state index contributed by atoms with van der Waals surface area (Å²) >= 11 is 3.47. The van der Waals surface area contributed by atoms with Gasteiger partial charge in [-0.05, 0) is 49.4 Å². The molecule has 2 rings (SSSR count). The normalized spacial score (nSPS) is 20.2. The van der Waals surface area contributed by atoms with Crippen molar-refractivity contribution < 1.29 is 4.39 Å². The molecule has 1 heterocycles. The Morgan fingerprint density at radius 3 is 2.94 bits per heavy atom. The van der Waals surface area contributed by atoms with Crippen molar-refractivity contribution in [2.24, 2.45) is 0 Å². The Bertz CT molecular complexity index is 392. The standard InChI is InChI=1S/C15H21BrFN/c1-2-5-14-6-3-4-9-18(14)15-8-7-13(17)10-12(15)11-16/h7-8,10,14H,2-6,9,11H2,1H3. The minimum absolute atomic E-state index is 0.141. The third kappa shape index (κ3) is 3.05. The van der Waals surface area contributed by atoms with Gasteiger partial charge in [0.25, 0.3) is 0 Å². The third-order valence-electron chi connectivity index (χ3n) is 3.74. The van der Waals surface area contributed by atoms with Crippen molar-refractivity contribution in [1.82, 2.24) is 0 Å². The number of piperidine rings is 1. The first kappa shape index (κ1) is 13.9. The molecule has 3 heteroatoms. The van der Waals surface area contributed by atoms with Crippen molar-refractivity contribution in [2.45, 2.75) is 50.4 Å². The number of halogens is 2. The molecule has 1 unspecified atom stereocenters. The van der Waals surface area contributed by atoms with E-state index in [1.165, 1.54) is 37.8 Å². The van der Waals surface area contributed by atoms with E-state index in [1.807, 2.05) is 6.07 Å². The largest absolute Gasteiger partial charge is 0.368 e. The molecule has 0 N–H and O–H groups in total. The monoisotopic (exact) mass is 313 g/mol. The number of anilines is 1. The molecule has 0 bridgehead atoms. The highest BCUT2D eigenvalue weighted by Crippen LogP contribution is 2.31. The summed E-state index contributed by atoms with van der Waals surface area (Å²) < 4.78 is 13.3. The van der Waals surface area contributed by atoms with Gasteiger partial charge < -0.3 is 4.90 Å². The highest BCUT2D eigenvalue weighted by Gasteiger charge is 2.23. The van der Waals surface area contributed by atoms with Crippen LogP contribution in [0.25, 0.3) is 0 Å². The molecule has 1 fully saturated rings. The van der Waals surface area contributed by atoms with E-state index in [9.17, 15) is 4.39 Å². The lowest BCUT2D eigenvalue weighted by Gasteiger charge is -2.38. The minimum Gasteiger partial charge on any atom is -0.368 e. The lowest BCUT2D eigenvalue weighted by atomic mass is 9.96. The minimum atomic E-state index is -0.141. The van der Waals surface area contributed by atoms with Gasteiger partial charge in [-0.15, -0.1) is 0 Å². The lowest BCUT2D eigenvalue weighted by molar-refractivity contribution is 0.434. The second kappa shape index (κ2) is 6.55. The van der Waals surface area contributed by atoms with Crippen LogP contribution in [0, 0.1) is 5.82 Å². The number of rotatable bonds is 4. The van der Waals surface area contributed by atoms with E-state index in [0.717, 1.165) is 17.4 Å². The van der Waals surface area contributed by atoms with E-state index in [2.05, 4.69) is 27.8 Å². The summed E-state index contributed by atoms with van der Waals surface area (Å²) in [5, 5.41) is 0.718. The van der Waals surface area contributed by atoms with Crippen LogP contribution in [0.4, 0.5) is 10.1 Å². The molecule has 1 aromatic rings. The zero-order valence-electron chi connectivity index (χ0n) is 11.0. The Kier molecular flexibility index (Phi) is 5.04. The zero-order valence-corrected chi connectivity index (χ0v) is 12.5. The van der Waals surface area contributed by atoms with Crippen LogP contribution >= 0.6 is 15.9 Å². The summed E-state index contributed by atoms with van der Waals surface area (Å²) in [6.45, 7) is 3.35. The third-order valence-corrected chi connectivity index (χ3v) is 4.35. The number of alkyl halides is 1. The van der Waals surface area contributed by atoms with Crippen molar-refractivity contribution in [3.63, 3.8) is 0 Å². The summed E-state index contributed by atoms with van der Waals surface area (Å²) in [5.41, 5.74) is 2.28. The SMILES string of the molecule is CCCC1CCCCN1c1ccc(F)cc1CBr. The molecule has 1 aromatic carbocycles. The Morgan fingerprint density at radius 1 is 1.39 bits per heavy atom. The van der Waals surface area contributed by atoms with Crippen LogP contribution in [-0.2, 0) is 5.33 Å². The molecule has 0 saturated carbocycles. The van der Waals surface area contributed by atoms with Crippen molar-refractivity contribution in [3.8, 4) is 0 Å². The molecule has 1 nitrogen and oxygen atoms in total. The fourth-order valence-electron chi connectivity index (χ4n) is 2.89. The molecule has 0 spiro atoms. The van der Waals surface area contributed by atoms with Crippen molar-refractivity contribution >= 4 is 21.6 Å². The van der Waals surface area contributed by atoms with Gasteiger partial charge in [-0.1, -0.05) is 29.3 Å². The van der Waals surface area contributed by atoms with E-state index in [0.29, 0.717) is 6.04 Å². The maximum absolute atomic E-state index is 13.3. The summed E-state index contributed by atoms with van der Waals surface area (Å²) in [6, 6.07) is 5.81. The molecule has 0 amide bonds.